The van der Waals surface area contributed by atoms with Crippen LogP contribution in [0.25, 0.3) is 22.3 Å². The topological polar surface area (TPSA) is 134 Å². The van der Waals surface area contributed by atoms with Crippen LogP contribution in [-0.4, -0.2) is 38.4 Å². The summed E-state index contributed by atoms with van der Waals surface area (Å²) >= 11 is 0. The van der Waals surface area contributed by atoms with E-state index in [9.17, 15) is 5.11 Å². The Morgan fingerprint density at radius 2 is 0.921 bits per heavy atom. The van der Waals surface area contributed by atoms with E-state index in [0.29, 0.717) is 44.8 Å². The third kappa shape index (κ3) is 6.87. The molecule has 0 aromatic heterocycles. The summed E-state index contributed by atoms with van der Waals surface area (Å²) in [6.45, 7) is 6.46. The van der Waals surface area contributed by atoms with Crippen molar-refractivity contribution in [2.24, 2.45) is 22.9 Å². The highest BCUT2D eigenvalue weighted by molar-refractivity contribution is 5.85. The predicted octanol–water partition coefficient (Wildman–Crippen LogP) is 4.29. The number of benzene rings is 3. The van der Waals surface area contributed by atoms with Gasteiger partial charge in [-0.1, -0.05) is 26.0 Å². The Morgan fingerprint density at radius 3 is 1.26 bits per heavy atom. The third-order valence-electron chi connectivity index (χ3n) is 7.07. The van der Waals surface area contributed by atoms with E-state index in [1.165, 1.54) is 38.9 Å². The first-order chi connectivity index (χ1) is 18.0. The largest absolute Gasteiger partial charge is 0.507 e. The number of aryl methyl sites for hydroxylation is 2. The molecular weight excluding hydrogens is 496 g/mol. The molecule has 6 nitrogen and oxygen atoms in total. The standard InChI is InChI=1S/C31H44N4O2.ClH/c1-4-20-14-26(30-22(6-10-32)18-28(37-3)19-23(30)7-11-33)15-21(5-2)29(20)27-16-24(8-12-34)31(36)25(17-27)9-13-35;/h14-19,36H,4-13,32-35H2,1-3H3;1H. The van der Waals surface area contributed by atoms with Gasteiger partial charge >= 0.3 is 0 Å². The van der Waals surface area contributed by atoms with Gasteiger partial charge in [0.15, 0.2) is 0 Å². The average molecular weight is 541 g/mol. The first-order valence-corrected chi connectivity index (χ1v) is 13.5. The van der Waals surface area contributed by atoms with Gasteiger partial charge in [0, 0.05) is 0 Å². The molecule has 0 heterocycles. The minimum atomic E-state index is 0. The lowest BCUT2D eigenvalue weighted by Gasteiger charge is -2.22. The number of methoxy groups -OCH3 is 1. The fourth-order valence-corrected chi connectivity index (χ4v) is 5.37. The molecule has 0 fully saturated rings. The smallest absolute Gasteiger partial charge is 0.122 e. The van der Waals surface area contributed by atoms with Crippen LogP contribution >= 0.6 is 12.4 Å². The van der Waals surface area contributed by atoms with Crippen LogP contribution in [0.1, 0.15) is 47.2 Å². The first-order valence-electron chi connectivity index (χ1n) is 13.5. The number of hydrogen-bond acceptors (Lipinski definition) is 6. The molecule has 3 rings (SSSR count). The molecule has 208 valence electrons. The number of halogens is 1. The van der Waals surface area contributed by atoms with Crippen LogP contribution < -0.4 is 27.7 Å². The van der Waals surface area contributed by atoms with Crippen molar-refractivity contribution in [3.63, 3.8) is 0 Å². The number of ether oxygens (including phenoxy) is 1. The Labute approximate surface area is 234 Å². The van der Waals surface area contributed by atoms with E-state index in [2.05, 4.69) is 50.2 Å². The summed E-state index contributed by atoms with van der Waals surface area (Å²) in [5.74, 6) is 1.16. The summed E-state index contributed by atoms with van der Waals surface area (Å²) in [5.41, 5.74) is 35.2. The van der Waals surface area contributed by atoms with Crippen molar-refractivity contribution in [2.75, 3.05) is 33.3 Å². The van der Waals surface area contributed by atoms with Crippen LogP contribution in [0.15, 0.2) is 36.4 Å². The van der Waals surface area contributed by atoms with Gasteiger partial charge in [0.05, 0.1) is 7.11 Å². The Balaban J connectivity index is 0.00000507. The second kappa shape index (κ2) is 15.1. The number of phenolic OH excluding ortho intramolecular Hbond substituents is 1. The second-order valence-electron chi connectivity index (χ2n) is 9.50. The number of aromatic hydroxyl groups is 1. The van der Waals surface area contributed by atoms with Crippen molar-refractivity contribution in [3.05, 3.63) is 69.8 Å². The number of phenols is 1. The summed E-state index contributed by atoms with van der Waals surface area (Å²) < 4.78 is 5.60. The molecule has 0 aliphatic heterocycles. The van der Waals surface area contributed by atoms with Crippen molar-refractivity contribution in [3.8, 4) is 33.8 Å². The molecule has 0 saturated carbocycles. The van der Waals surface area contributed by atoms with Gasteiger partial charge < -0.3 is 32.8 Å². The van der Waals surface area contributed by atoms with Crippen LogP contribution in [0.2, 0.25) is 0 Å². The van der Waals surface area contributed by atoms with Crippen molar-refractivity contribution >= 4 is 12.4 Å². The number of nitrogens with two attached hydrogens (primary N) is 4. The highest BCUT2D eigenvalue weighted by Crippen LogP contribution is 2.40. The minimum absolute atomic E-state index is 0. The molecule has 0 radical (unpaired) electrons. The van der Waals surface area contributed by atoms with Gasteiger partial charge in [-0.25, -0.2) is 0 Å². The maximum atomic E-state index is 10.8. The zero-order valence-corrected chi connectivity index (χ0v) is 23.9. The van der Waals surface area contributed by atoms with E-state index < -0.39 is 0 Å². The maximum absolute atomic E-state index is 10.8. The Morgan fingerprint density at radius 1 is 0.579 bits per heavy atom. The third-order valence-corrected chi connectivity index (χ3v) is 7.07. The van der Waals surface area contributed by atoms with E-state index in [0.717, 1.165) is 48.1 Å². The normalized spacial score (nSPS) is 10.9. The molecule has 0 aliphatic carbocycles. The van der Waals surface area contributed by atoms with Gasteiger partial charge in [0.2, 0.25) is 0 Å². The molecule has 0 atom stereocenters. The molecule has 7 heteroatoms. The molecule has 9 N–H and O–H groups in total. The monoisotopic (exact) mass is 540 g/mol. The Bertz CT molecular complexity index is 1130. The lowest BCUT2D eigenvalue weighted by Crippen LogP contribution is -2.10. The van der Waals surface area contributed by atoms with E-state index in [4.69, 9.17) is 27.7 Å². The molecule has 0 aliphatic rings. The zero-order chi connectivity index (χ0) is 26.9. The quantitative estimate of drug-likeness (QED) is 0.219. The van der Waals surface area contributed by atoms with Gasteiger partial charge in [-0.3, -0.25) is 0 Å². The van der Waals surface area contributed by atoms with Crippen LogP contribution in [0.5, 0.6) is 11.5 Å². The molecular formula is C31H45ClN4O2. The lowest BCUT2D eigenvalue weighted by atomic mass is 9.83. The molecule has 0 amide bonds. The van der Waals surface area contributed by atoms with Crippen molar-refractivity contribution in [2.45, 2.75) is 52.4 Å². The summed E-state index contributed by atoms with van der Waals surface area (Å²) in [5, 5.41) is 10.8. The molecule has 3 aromatic carbocycles. The Hall–Kier alpha value is -2.61. The van der Waals surface area contributed by atoms with Gasteiger partial charge in [-0.15, -0.1) is 12.4 Å². The SMILES string of the molecule is CCc1cc(-c2c(CCN)cc(OC)cc2CCN)cc(CC)c1-c1cc(CCN)c(O)c(CCN)c1.Cl. The summed E-state index contributed by atoms with van der Waals surface area (Å²) in [6, 6.07) is 13.0. The van der Waals surface area contributed by atoms with Crippen LogP contribution in [-0.2, 0) is 38.5 Å². The summed E-state index contributed by atoms with van der Waals surface area (Å²) in [4.78, 5) is 0. The fourth-order valence-electron chi connectivity index (χ4n) is 5.37. The van der Waals surface area contributed by atoms with Crippen LogP contribution in [0.3, 0.4) is 0 Å². The van der Waals surface area contributed by atoms with Gasteiger partial charge in [0.25, 0.3) is 0 Å². The highest BCUT2D eigenvalue weighted by atomic mass is 35.5. The predicted molar refractivity (Wildman–Crippen MR) is 163 cm³/mol. The van der Waals surface area contributed by atoms with Crippen LogP contribution in [0, 0.1) is 0 Å². The van der Waals surface area contributed by atoms with E-state index in [1.807, 2.05) is 0 Å². The molecule has 0 spiro atoms. The second-order valence-corrected chi connectivity index (χ2v) is 9.50. The van der Waals surface area contributed by atoms with E-state index in [1.54, 1.807) is 7.11 Å². The lowest BCUT2D eigenvalue weighted by molar-refractivity contribution is 0.414. The molecule has 0 saturated heterocycles. The molecule has 38 heavy (non-hydrogen) atoms. The van der Waals surface area contributed by atoms with Gasteiger partial charge in [-0.05, 0) is 145 Å². The average Bonchev–Trinajstić information content (AvgIpc) is 2.90. The number of hydrogen-bond donors (Lipinski definition) is 5. The van der Waals surface area contributed by atoms with Crippen molar-refractivity contribution in [1.29, 1.82) is 0 Å². The number of rotatable bonds is 13. The van der Waals surface area contributed by atoms with E-state index >= 15 is 0 Å². The zero-order valence-electron chi connectivity index (χ0n) is 23.1. The van der Waals surface area contributed by atoms with Crippen molar-refractivity contribution < 1.29 is 9.84 Å². The Kier molecular flexibility index (Phi) is 12.6. The van der Waals surface area contributed by atoms with Crippen LogP contribution in [0.4, 0.5) is 0 Å². The first kappa shape index (κ1) is 31.6. The van der Waals surface area contributed by atoms with Gasteiger partial charge in [-0.2, -0.15) is 0 Å². The molecule has 0 unspecified atom stereocenters. The molecule has 3 aromatic rings. The highest BCUT2D eigenvalue weighted by Gasteiger charge is 2.19. The summed E-state index contributed by atoms with van der Waals surface area (Å²) in [6.07, 6.45) is 4.52. The van der Waals surface area contributed by atoms with Crippen molar-refractivity contribution in [1.82, 2.24) is 0 Å². The van der Waals surface area contributed by atoms with E-state index in [-0.39, 0.29) is 12.4 Å². The molecule has 0 bridgehead atoms. The fraction of sp³-hybridized carbons (Fsp3) is 0.419. The minimum Gasteiger partial charge on any atom is -0.507 e. The summed E-state index contributed by atoms with van der Waals surface area (Å²) in [7, 11) is 1.70. The van der Waals surface area contributed by atoms with Gasteiger partial charge in [0.1, 0.15) is 11.5 Å². The maximum Gasteiger partial charge on any atom is 0.122 e.